The molecule has 1 aromatic carbocycles. The van der Waals surface area contributed by atoms with Crippen molar-refractivity contribution in [2.45, 2.75) is 25.0 Å². The Morgan fingerprint density at radius 1 is 1.34 bits per heavy atom. The van der Waals surface area contributed by atoms with Gasteiger partial charge in [0.05, 0.1) is 18.2 Å². The highest BCUT2D eigenvalue weighted by Gasteiger charge is 2.45. The molecule has 1 aliphatic carbocycles. The van der Waals surface area contributed by atoms with Crippen LogP contribution in [0.15, 0.2) is 36.5 Å². The van der Waals surface area contributed by atoms with E-state index in [1.165, 1.54) is 31.5 Å². The number of nitrogens with zero attached hydrogens (tertiary/aromatic N) is 3. The van der Waals surface area contributed by atoms with Crippen molar-refractivity contribution in [3.05, 3.63) is 64.6 Å². The van der Waals surface area contributed by atoms with Crippen molar-refractivity contribution < 1.29 is 23.1 Å². The minimum absolute atomic E-state index is 0.00533. The number of ether oxygens (including phenoxy) is 1. The average Bonchev–Trinajstić information content (AvgIpc) is 3.17. The molecule has 1 aliphatic rings. The third-order valence-corrected chi connectivity index (χ3v) is 4.85. The lowest BCUT2D eigenvalue weighted by Gasteiger charge is -2.14. The molecule has 0 fully saturated rings. The van der Waals surface area contributed by atoms with Crippen LogP contribution in [0.25, 0.3) is 5.65 Å². The molecule has 4 rings (SSSR count). The summed E-state index contributed by atoms with van der Waals surface area (Å²) < 4.78 is 34.7. The van der Waals surface area contributed by atoms with Gasteiger partial charge >= 0.3 is 0 Å². The molecule has 0 saturated heterocycles. The van der Waals surface area contributed by atoms with Gasteiger partial charge in [0.15, 0.2) is 11.3 Å². The van der Waals surface area contributed by atoms with Crippen LogP contribution in [0.2, 0.25) is 0 Å². The summed E-state index contributed by atoms with van der Waals surface area (Å²) in [5.41, 5.74) is 6.09. The summed E-state index contributed by atoms with van der Waals surface area (Å²) in [4.78, 5) is 29.0. The molecule has 0 saturated carbocycles. The number of nitrogens with two attached hydrogens (primary N) is 1. The highest BCUT2D eigenvalue weighted by molar-refractivity contribution is 6.01. The number of carbonyl (C=O) groups excluding carboxylic acids is 2. The predicted molar refractivity (Wildman–Crippen MR) is 97.4 cm³/mol. The Labute approximate surface area is 163 Å². The summed E-state index contributed by atoms with van der Waals surface area (Å²) in [5.74, 6) is -4.42. The SMILES string of the molecule is COCc1nc2c(C(=O)NC3CC(F)(F)c4ccccc43)ccnn2c1C(N)=O. The van der Waals surface area contributed by atoms with Crippen molar-refractivity contribution in [1.82, 2.24) is 19.9 Å². The molecule has 2 heterocycles. The third kappa shape index (κ3) is 3.11. The smallest absolute Gasteiger partial charge is 0.275 e. The number of halogens is 2. The van der Waals surface area contributed by atoms with E-state index >= 15 is 0 Å². The van der Waals surface area contributed by atoms with Gasteiger partial charge in [-0.3, -0.25) is 9.59 Å². The fraction of sp³-hybridized carbons (Fsp3) is 0.263. The first kappa shape index (κ1) is 18.9. The fourth-order valence-electron chi connectivity index (χ4n) is 3.63. The molecule has 3 aromatic rings. The van der Waals surface area contributed by atoms with E-state index in [1.54, 1.807) is 12.1 Å². The first-order valence-electron chi connectivity index (χ1n) is 8.77. The zero-order chi connectivity index (χ0) is 20.8. The van der Waals surface area contributed by atoms with Crippen LogP contribution in [-0.2, 0) is 17.3 Å². The quantitative estimate of drug-likeness (QED) is 0.679. The molecule has 150 valence electrons. The normalized spacial score (nSPS) is 17.3. The molecule has 0 bridgehead atoms. The summed E-state index contributed by atoms with van der Waals surface area (Å²) in [6.45, 7) is -0.00901. The molecular weight excluding hydrogens is 384 g/mol. The van der Waals surface area contributed by atoms with Crippen molar-refractivity contribution in [3.63, 3.8) is 0 Å². The molecular formula is C19H17F2N5O3. The van der Waals surface area contributed by atoms with Crippen LogP contribution in [0, 0.1) is 0 Å². The topological polar surface area (TPSA) is 112 Å². The highest BCUT2D eigenvalue weighted by Crippen LogP contribution is 2.47. The van der Waals surface area contributed by atoms with Crippen molar-refractivity contribution >= 4 is 17.5 Å². The van der Waals surface area contributed by atoms with Gasteiger partial charge in [-0.05, 0) is 11.6 Å². The van der Waals surface area contributed by atoms with Gasteiger partial charge in [0.25, 0.3) is 17.7 Å². The van der Waals surface area contributed by atoms with Crippen molar-refractivity contribution in [1.29, 1.82) is 0 Å². The molecule has 0 radical (unpaired) electrons. The number of alkyl halides is 2. The van der Waals surface area contributed by atoms with Crippen molar-refractivity contribution in [2.75, 3.05) is 7.11 Å². The molecule has 10 heteroatoms. The Hall–Kier alpha value is -3.40. The molecule has 0 spiro atoms. The number of fused-ring (bicyclic) bond motifs is 2. The number of primary amides is 1. The van der Waals surface area contributed by atoms with Crippen molar-refractivity contribution in [3.8, 4) is 0 Å². The largest absolute Gasteiger partial charge is 0.378 e. The maximum absolute atomic E-state index is 14.3. The lowest BCUT2D eigenvalue weighted by atomic mass is 10.1. The fourth-order valence-corrected chi connectivity index (χ4v) is 3.63. The van der Waals surface area contributed by atoms with E-state index < -0.39 is 30.2 Å². The van der Waals surface area contributed by atoms with Gasteiger partial charge in [-0.15, -0.1) is 0 Å². The summed E-state index contributed by atoms with van der Waals surface area (Å²) >= 11 is 0. The molecule has 1 atom stereocenters. The number of imidazole rings is 1. The number of aromatic nitrogens is 3. The zero-order valence-electron chi connectivity index (χ0n) is 15.4. The van der Waals surface area contributed by atoms with Gasteiger partial charge in [0, 0.05) is 25.3 Å². The number of carbonyl (C=O) groups is 2. The average molecular weight is 401 g/mol. The van der Waals surface area contributed by atoms with Crippen LogP contribution in [0.1, 0.15) is 50.1 Å². The van der Waals surface area contributed by atoms with E-state index in [2.05, 4.69) is 15.4 Å². The van der Waals surface area contributed by atoms with Gasteiger partial charge in [-0.1, -0.05) is 24.3 Å². The van der Waals surface area contributed by atoms with E-state index in [0.717, 1.165) is 4.52 Å². The number of methoxy groups -OCH3 is 1. The molecule has 2 aromatic heterocycles. The predicted octanol–water partition coefficient (Wildman–Crippen LogP) is 1.94. The lowest BCUT2D eigenvalue weighted by molar-refractivity contribution is -0.00844. The van der Waals surface area contributed by atoms with E-state index in [1.807, 2.05) is 0 Å². The number of hydrogen-bond donors (Lipinski definition) is 2. The molecule has 2 amide bonds. The van der Waals surface area contributed by atoms with Gasteiger partial charge in [-0.2, -0.15) is 5.10 Å². The highest BCUT2D eigenvalue weighted by atomic mass is 19.3. The van der Waals surface area contributed by atoms with Gasteiger partial charge in [0.1, 0.15) is 5.69 Å². The maximum atomic E-state index is 14.3. The maximum Gasteiger partial charge on any atom is 0.275 e. The van der Waals surface area contributed by atoms with Crippen LogP contribution < -0.4 is 11.1 Å². The van der Waals surface area contributed by atoms with E-state index in [4.69, 9.17) is 10.5 Å². The second kappa shape index (κ2) is 6.89. The number of hydrogen-bond acceptors (Lipinski definition) is 5. The molecule has 0 aliphatic heterocycles. The third-order valence-electron chi connectivity index (χ3n) is 4.85. The summed E-state index contributed by atoms with van der Waals surface area (Å²) in [5, 5.41) is 6.68. The first-order chi connectivity index (χ1) is 13.8. The Balaban J connectivity index is 1.72. The number of rotatable bonds is 5. The second-order valence-corrected chi connectivity index (χ2v) is 6.71. The minimum Gasteiger partial charge on any atom is -0.378 e. The molecule has 3 N–H and O–H groups in total. The van der Waals surface area contributed by atoms with Gasteiger partial charge in [-0.25, -0.2) is 18.3 Å². The molecule has 29 heavy (non-hydrogen) atoms. The zero-order valence-corrected chi connectivity index (χ0v) is 15.4. The lowest BCUT2D eigenvalue weighted by Crippen LogP contribution is -2.28. The van der Waals surface area contributed by atoms with Gasteiger partial charge < -0.3 is 15.8 Å². The Morgan fingerprint density at radius 2 is 2.10 bits per heavy atom. The van der Waals surface area contributed by atoms with Crippen molar-refractivity contribution in [2.24, 2.45) is 5.73 Å². The summed E-state index contributed by atoms with van der Waals surface area (Å²) in [6.07, 6.45) is 0.777. The molecule has 8 nitrogen and oxygen atoms in total. The standard InChI is InChI=1S/C19H17F2N5O3/c1-29-9-14-15(16(22)27)26-17(24-14)11(6-7-23-26)18(28)25-13-8-19(20,21)12-5-3-2-4-10(12)13/h2-7,13H,8-9H2,1H3,(H2,22,27)(H,25,28). The van der Waals surface area contributed by atoms with E-state index in [9.17, 15) is 18.4 Å². The van der Waals surface area contributed by atoms with Crippen LogP contribution in [0.3, 0.4) is 0 Å². The first-order valence-corrected chi connectivity index (χ1v) is 8.77. The number of nitrogens with one attached hydrogen (secondary N) is 1. The van der Waals surface area contributed by atoms with E-state index in [0.29, 0.717) is 5.56 Å². The van der Waals surface area contributed by atoms with E-state index in [-0.39, 0.29) is 34.8 Å². The van der Waals surface area contributed by atoms with Gasteiger partial charge in [0.2, 0.25) is 0 Å². The Kier molecular flexibility index (Phi) is 4.50. The Bertz CT molecular complexity index is 1130. The number of amides is 2. The summed E-state index contributed by atoms with van der Waals surface area (Å²) in [6, 6.07) is 6.66. The monoisotopic (exact) mass is 401 g/mol. The minimum atomic E-state index is -3.03. The second-order valence-electron chi connectivity index (χ2n) is 6.71. The molecule has 1 unspecified atom stereocenters. The van der Waals surface area contributed by atoms with Crippen LogP contribution in [-0.4, -0.2) is 33.5 Å². The Morgan fingerprint density at radius 3 is 2.83 bits per heavy atom. The van der Waals surface area contributed by atoms with Crippen LogP contribution >= 0.6 is 0 Å². The van der Waals surface area contributed by atoms with Crippen LogP contribution in [0.5, 0.6) is 0 Å². The summed E-state index contributed by atoms with van der Waals surface area (Å²) in [7, 11) is 1.42. The number of benzene rings is 1. The van der Waals surface area contributed by atoms with Crippen LogP contribution in [0.4, 0.5) is 8.78 Å².